The molecule has 7 heteroatoms. The van der Waals surface area contributed by atoms with E-state index in [1.807, 2.05) is 0 Å². The highest BCUT2D eigenvalue weighted by Crippen LogP contribution is 2.13. The lowest BCUT2D eigenvalue weighted by atomic mass is 10.2. The number of nitrogens with one attached hydrogen (secondary N) is 1. The zero-order valence-electron chi connectivity index (χ0n) is 13.8. The molecule has 1 aromatic carbocycles. The first-order chi connectivity index (χ1) is 12.2. The molecule has 1 amide bonds. The number of rotatable bonds is 5. The van der Waals surface area contributed by atoms with Crippen LogP contribution in [-0.4, -0.2) is 42.2 Å². The van der Waals surface area contributed by atoms with Gasteiger partial charge in [0.15, 0.2) is 0 Å². The van der Waals surface area contributed by atoms with Gasteiger partial charge in [-0.15, -0.1) is 0 Å². The van der Waals surface area contributed by atoms with Crippen molar-refractivity contribution < 1.29 is 18.7 Å². The molecule has 1 N–H and O–H groups in total. The van der Waals surface area contributed by atoms with Crippen molar-refractivity contribution in [2.24, 2.45) is 0 Å². The molecule has 1 aliphatic heterocycles. The third kappa shape index (κ3) is 4.90. The van der Waals surface area contributed by atoms with E-state index in [4.69, 9.17) is 9.47 Å². The first-order valence-electron chi connectivity index (χ1n) is 8.16. The third-order valence-corrected chi connectivity index (χ3v) is 3.87. The Bertz CT molecular complexity index is 703. The van der Waals surface area contributed by atoms with E-state index < -0.39 is 0 Å². The quantitative estimate of drug-likeness (QED) is 0.901. The average molecular weight is 345 g/mol. The van der Waals surface area contributed by atoms with E-state index in [1.165, 1.54) is 6.07 Å². The van der Waals surface area contributed by atoms with E-state index >= 15 is 0 Å². The van der Waals surface area contributed by atoms with Crippen LogP contribution in [0.1, 0.15) is 11.1 Å². The van der Waals surface area contributed by atoms with Gasteiger partial charge in [-0.3, -0.25) is 0 Å². The Morgan fingerprint density at radius 3 is 2.68 bits per heavy atom. The number of hydrogen-bond donors (Lipinski definition) is 1. The number of pyridine rings is 1. The van der Waals surface area contributed by atoms with E-state index in [1.54, 1.807) is 41.4 Å². The molecule has 0 unspecified atom stereocenters. The molecule has 2 heterocycles. The summed E-state index contributed by atoms with van der Waals surface area (Å²) in [6.45, 7) is 3.13. The molecule has 0 bridgehead atoms. The summed E-state index contributed by atoms with van der Waals surface area (Å²) >= 11 is 0. The Morgan fingerprint density at radius 2 is 1.96 bits per heavy atom. The number of nitrogens with zero attached hydrogens (tertiary/aromatic N) is 2. The lowest BCUT2D eigenvalue weighted by molar-refractivity contribution is 0.0917. The highest BCUT2D eigenvalue weighted by atomic mass is 19.1. The van der Waals surface area contributed by atoms with Crippen molar-refractivity contribution >= 4 is 6.09 Å². The van der Waals surface area contributed by atoms with Crippen LogP contribution in [0.25, 0.3) is 0 Å². The number of ether oxygens (including phenoxy) is 2. The zero-order valence-corrected chi connectivity index (χ0v) is 13.8. The highest BCUT2D eigenvalue weighted by molar-refractivity contribution is 5.67. The number of hydrogen-bond acceptors (Lipinski definition) is 5. The van der Waals surface area contributed by atoms with Crippen molar-refractivity contribution in [3.05, 3.63) is 59.5 Å². The van der Waals surface area contributed by atoms with Crippen molar-refractivity contribution in [3.63, 3.8) is 0 Å². The summed E-state index contributed by atoms with van der Waals surface area (Å²) in [5.41, 5.74) is 1.24. The second-order valence-electron chi connectivity index (χ2n) is 5.68. The van der Waals surface area contributed by atoms with Gasteiger partial charge in [0.2, 0.25) is 5.88 Å². The summed E-state index contributed by atoms with van der Waals surface area (Å²) in [6.07, 6.45) is 1.27. The molecule has 1 aliphatic rings. The Morgan fingerprint density at radius 1 is 1.16 bits per heavy atom. The SMILES string of the molecule is O=C(OCc1ccc(OCc2ccccc2F)nc1)N1CCNCC1. The fraction of sp³-hybridized carbons (Fsp3) is 0.333. The first kappa shape index (κ1) is 17.2. The predicted molar refractivity (Wildman–Crippen MR) is 89.6 cm³/mol. The molecular weight excluding hydrogens is 325 g/mol. The molecular formula is C18H20FN3O3. The Balaban J connectivity index is 1.47. The van der Waals surface area contributed by atoms with Crippen LogP contribution in [0.3, 0.4) is 0 Å². The van der Waals surface area contributed by atoms with E-state index in [9.17, 15) is 9.18 Å². The molecule has 1 aromatic heterocycles. The van der Waals surface area contributed by atoms with Crippen LogP contribution in [-0.2, 0) is 18.0 Å². The van der Waals surface area contributed by atoms with E-state index in [-0.39, 0.29) is 25.1 Å². The van der Waals surface area contributed by atoms with E-state index in [0.29, 0.717) is 24.5 Å². The van der Waals surface area contributed by atoms with Gasteiger partial charge in [0.05, 0.1) is 0 Å². The number of carbonyl (C=O) groups is 1. The van der Waals surface area contributed by atoms with Gasteiger partial charge in [0, 0.05) is 49.6 Å². The third-order valence-electron chi connectivity index (χ3n) is 3.87. The van der Waals surface area contributed by atoms with Gasteiger partial charge in [-0.1, -0.05) is 18.2 Å². The second kappa shape index (κ2) is 8.43. The highest BCUT2D eigenvalue weighted by Gasteiger charge is 2.17. The second-order valence-corrected chi connectivity index (χ2v) is 5.68. The minimum absolute atomic E-state index is 0.108. The maximum atomic E-state index is 13.5. The van der Waals surface area contributed by atoms with Crippen molar-refractivity contribution in [2.75, 3.05) is 26.2 Å². The zero-order chi connectivity index (χ0) is 17.5. The normalized spacial score (nSPS) is 14.2. The summed E-state index contributed by atoms with van der Waals surface area (Å²) in [4.78, 5) is 17.8. The van der Waals surface area contributed by atoms with Crippen LogP contribution in [0, 0.1) is 5.82 Å². The summed E-state index contributed by atoms with van der Waals surface area (Å²) in [6, 6.07) is 9.89. The summed E-state index contributed by atoms with van der Waals surface area (Å²) in [5.74, 6) is 0.0828. The molecule has 0 saturated carbocycles. The molecule has 2 aromatic rings. The Hall–Kier alpha value is -2.67. The minimum atomic E-state index is -0.318. The van der Waals surface area contributed by atoms with Crippen LogP contribution < -0.4 is 10.1 Å². The van der Waals surface area contributed by atoms with Crippen molar-refractivity contribution in [1.82, 2.24) is 15.2 Å². The van der Waals surface area contributed by atoms with Crippen molar-refractivity contribution in [1.29, 1.82) is 0 Å². The van der Waals surface area contributed by atoms with Gasteiger partial charge in [0.25, 0.3) is 0 Å². The van der Waals surface area contributed by atoms with Crippen molar-refractivity contribution in [2.45, 2.75) is 13.2 Å². The first-order valence-corrected chi connectivity index (χ1v) is 8.16. The summed E-state index contributed by atoms with van der Waals surface area (Å²) in [7, 11) is 0. The molecule has 3 rings (SSSR count). The smallest absolute Gasteiger partial charge is 0.410 e. The maximum absolute atomic E-state index is 13.5. The van der Waals surface area contributed by atoms with E-state index in [2.05, 4.69) is 10.3 Å². The van der Waals surface area contributed by atoms with Gasteiger partial charge in [0.1, 0.15) is 19.0 Å². The molecule has 0 spiro atoms. The van der Waals surface area contributed by atoms with Gasteiger partial charge in [-0.05, 0) is 12.1 Å². The van der Waals surface area contributed by atoms with Gasteiger partial charge in [-0.25, -0.2) is 14.2 Å². The number of aromatic nitrogens is 1. The van der Waals surface area contributed by atoms with Crippen LogP contribution in [0.2, 0.25) is 0 Å². The number of halogens is 1. The lowest BCUT2D eigenvalue weighted by Crippen LogP contribution is -2.46. The number of benzene rings is 1. The Kier molecular flexibility index (Phi) is 5.79. The molecule has 0 radical (unpaired) electrons. The molecule has 132 valence electrons. The molecule has 1 fully saturated rings. The molecule has 0 atom stereocenters. The number of piperazine rings is 1. The minimum Gasteiger partial charge on any atom is -0.473 e. The summed E-state index contributed by atoms with van der Waals surface area (Å²) < 4.78 is 24.3. The topological polar surface area (TPSA) is 63.7 Å². The maximum Gasteiger partial charge on any atom is 0.410 e. The Labute approximate surface area is 145 Å². The fourth-order valence-corrected chi connectivity index (χ4v) is 2.43. The van der Waals surface area contributed by atoms with Gasteiger partial charge in [-0.2, -0.15) is 0 Å². The molecule has 6 nitrogen and oxygen atoms in total. The molecule has 1 saturated heterocycles. The van der Waals surface area contributed by atoms with Crippen LogP contribution >= 0.6 is 0 Å². The van der Waals surface area contributed by atoms with Crippen LogP contribution in [0.5, 0.6) is 5.88 Å². The molecule has 0 aliphatic carbocycles. The van der Waals surface area contributed by atoms with Gasteiger partial charge >= 0.3 is 6.09 Å². The summed E-state index contributed by atoms with van der Waals surface area (Å²) in [5, 5.41) is 3.18. The number of carbonyl (C=O) groups excluding carboxylic acids is 1. The average Bonchev–Trinajstić information content (AvgIpc) is 2.67. The fourth-order valence-electron chi connectivity index (χ4n) is 2.43. The standard InChI is InChI=1S/C18H20FN3O3/c19-16-4-2-1-3-15(16)13-24-17-6-5-14(11-21-17)12-25-18(23)22-9-7-20-8-10-22/h1-6,11,20H,7-10,12-13H2. The predicted octanol–water partition coefficient (Wildman–Crippen LogP) is 2.34. The monoisotopic (exact) mass is 345 g/mol. The lowest BCUT2D eigenvalue weighted by Gasteiger charge is -2.26. The van der Waals surface area contributed by atoms with Crippen LogP contribution in [0.15, 0.2) is 42.6 Å². The van der Waals surface area contributed by atoms with Gasteiger partial charge < -0.3 is 19.7 Å². The largest absolute Gasteiger partial charge is 0.473 e. The number of amides is 1. The molecule has 25 heavy (non-hydrogen) atoms. The van der Waals surface area contributed by atoms with E-state index in [0.717, 1.165) is 18.7 Å². The van der Waals surface area contributed by atoms with Crippen molar-refractivity contribution in [3.8, 4) is 5.88 Å². The van der Waals surface area contributed by atoms with Crippen LogP contribution in [0.4, 0.5) is 9.18 Å².